The van der Waals surface area contributed by atoms with Gasteiger partial charge in [0, 0.05) is 11.3 Å². The van der Waals surface area contributed by atoms with Crippen LogP contribution in [0.25, 0.3) is 0 Å². The van der Waals surface area contributed by atoms with Gasteiger partial charge in [-0.1, -0.05) is 48.5 Å². The average Bonchev–Trinajstić information content (AvgIpc) is 2.69. The summed E-state index contributed by atoms with van der Waals surface area (Å²) in [5.41, 5.74) is 1.88. The fraction of sp³-hybridized carbons (Fsp3) is 0.0952. The molecule has 5 nitrogen and oxygen atoms in total. The number of anilines is 1. The Morgan fingerprint density at radius 3 is 1.96 bits per heavy atom. The van der Waals surface area contributed by atoms with Crippen LogP contribution in [-0.4, -0.2) is 14.3 Å². The highest BCUT2D eigenvalue weighted by Gasteiger charge is 2.16. The van der Waals surface area contributed by atoms with Crippen LogP contribution in [0.2, 0.25) is 0 Å². The lowest BCUT2D eigenvalue weighted by Gasteiger charge is -2.14. The van der Waals surface area contributed by atoms with Crippen LogP contribution in [0, 0.1) is 0 Å². The number of nitrogens with one attached hydrogen (secondary N) is 2. The second-order valence-corrected chi connectivity index (χ2v) is 7.78. The second-order valence-electron chi connectivity index (χ2n) is 6.10. The molecule has 0 saturated carbocycles. The van der Waals surface area contributed by atoms with Gasteiger partial charge < -0.3 is 5.32 Å². The molecule has 3 aromatic carbocycles. The number of para-hydroxylation sites is 1. The van der Waals surface area contributed by atoms with Crippen LogP contribution in [-0.2, 0) is 10.0 Å². The number of carbonyl (C=O) groups excluding carboxylic acids is 1. The monoisotopic (exact) mass is 380 g/mol. The van der Waals surface area contributed by atoms with E-state index in [1.165, 1.54) is 24.3 Å². The quantitative estimate of drug-likeness (QED) is 0.679. The fourth-order valence-electron chi connectivity index (χ4n) is 2.61. The molecular weight excluding hydrogens is 360 g/mol. The van der Waals surface area contributed by atoms with Crippen molar-refractivity contribution in [2.24, 2.45) is 0 Å². The summed E-state index contributed by atoms with van der Waals surface area (Å²) in [7, 11) is -3.70. The summed E-state index contributed by atoms with van der Waals surface area (Å²) >= 11 is 0. The van der Waals surface area contributed by atoms with Crippen molar-refractivity contribution in [2.75, 3.05) is 4.72 Å². The van der Waals surface area contributed by atoms with E-state index in [0.717, 1.165) is 5.56 Å². The number of benzene rings is 3. The van der Waals surface area contributed by atoms with Gasteiger partial charge in [0.25, 0.3) is 15.9 Å². The summed E-state index contributed by atoms with van der Waals surface area (Å²) in [6.07, 6.45) is 0. The third-order valence-electron chi connectivity index (χ3n) is 4.10. The first-order valence-electron chi connectivity index (χ1n) is 8.49. The van der Waals surface area contributed by atoms with Crippen LogP contribution in [0.3, 0.4) is 0 Å². The van der Waals surface area contributed by atoms with Crippen molar-refractivity contribution in [2.45, 2.75) is 17.9 Å². The van der Waals surface area contributed by atoms with Crippen LogP contribution < -0.4 is 10.0 Å². The Kier molecular flexibility index (Phi) is 5.57. The van der Waals surface area contributed by atoms with Gasteiger partial charge in [0.05, 0.1) is 10.9 Å². The standard InChI is InChI=1S/C21H20N2O3S/c1-16(17-8-4-2-5-9-17)22-21(24)18-12-14-20(15-13-18)27(25,26)23-19-10-6-3-7-11-19/h2-16,23H,1H3,(H,22,24)/t16-/m0/s1. The highest BCUT2D eigenvalue weighted by atomic mass is 32.2. The van der Waals surface area contributed by atoms with Crippen molar-refractivity contribution in [3.8, 4) is 0 Å². The summed E-state index contributed by atoms with van der Waals surface area (Å²) in [4.78, 5) is 12.5. The Hall–Kier alpha value is -3.12. The number of hydrogen-bond donors (Lipinski definition) is 2. The van der Waals surface area contributed by atoms with Crippen molar-refractivity contribution in [1.29, 1.82) is 0 Å². The highest BCUT2D eigenvalue weighted by Crippen LogP contribution is 2.17. The van der Waals surface area contributed by atoms with Gasteiger partial charge in [-0.3, -0.25) is 9.52 Å². The topological polar surface area (TPSA) is 75.3 Å². The smallest absolute Gasteiger partial charge is 0.261 e. The van der Waals surface area contributed by atoms with E-state index < -0.39 is 10.0 Å². The summed E-state index contributed by atoms with van der Waals surface area (Å²) in [5, 5.41) is 2.91. The van der Waals surface area contributed by atoms with Gasteiger partial charge in [-0.05, 0) is 48.9 Å². The Bertz CT molecular complexity index is 1000. The lowest BCUT2D eigenvalue weighted by molar-refractivity contribution is 0.0940. The normalized spacial score (nSPS) is 12.2. The van der Waals surface area contributed by atoms with E-state index in [4.69, 9.17) is 0 Å². The number of hydrogen-bond acceptors (Lipinski definition) is 3. The average molecular weight is 380 g/mol. The Morgan fingerprint density at radius 1 is 0.815 bits per heavy atom. The minimum Gasteiger partial charge on any atom is -0.346 e. The molecule has 1 amide bonds. The molecular formula is C21H20N2O3S. The van der Waals surface area contributed by atoms with E-state index in [2.05, 4.69) is 10.0 Å². The van der Waals surface area contributed by atoms with E-state index in [1.54, 1.807) is 24.3 Å². The third-order valence-corrected chi connectivity index (χ3v) is 5.50. The van der Waals surface area contributed by atoms with E-state index in [1.807, 2.05) is 43.3 Å². The molecule has 0 heterocycles. The van der Waals surface area contributed by atoms with Gasteiger partial charge >= 0.3 is 0 Å². The van der Waals surface area contributed by atoms with Gasteiger partial charge in [-0.25, -0.2) is 8.42 Å². The molecule has 0 saturated heterocycles. The first-order valence-corrected chi connectivity index (χ1v) is 9.98. The van der Waals surface area contributed by atoms with Crippen LogP contribution in [0.5, 0.6) is 0 Å². The van der Waals surface area contributed by atoms with Gasteiger partial charge in [-0.15, -0.1) is 0 Å². The van der Waals surface area contributed by atoms with Gasteiger partial charge in [0.15, 0.2) is 0 Å². The number of rotatable bonds is 6. The van der Waals surface area contributed by atoms with Crippen molar-refractivity contribution in [3.05, 3.63) is 96.1 Å². The highest BCUT2D eigenvalue weighted by molar-refractivity contribution is 7.92. The van der Waals surface area contributed by atoms with Crippen molar-refractivity contribution in [1.82, 2.24) is 5.32 Å². The molecule has 27 heavy (non-hydrogen) atoms. The van der Waals surface area contributed by atoms with E-state index in [-0.39, 0.29) is 16.8 Å². The molecule has 6 heteroatoms. The first-order chi connectivity index (χ1) is 13.0. The molecule has 0 aliphatic rings. The lowest BCUT2D eigenvalue weighted by atomic mass is 10.1. The maximum atomic E-state index is 12.4. The van der Waals surface area contributed by atoms with Crippen LogP contribution in [0.1, 0.15) is 28.9 Å². The molecule has 2 N–H and O–H groups in total. The summed E-state index contributed by atoms with van der Waals surface area (Å²) < 4.78 is 27.4. The van der Waals surface area contributed by atoms with Crippen molar-refractivity contribution in [3.63, 3.8) is 0 Å². The Balaban J connectivity index is 1.70. The lowest BCUT2D eigenvalue weighted by Crippen LogP contribution is -2.26. The largest absolute Gasteiger partial charge is 0.346 e. The maximum absolute atomic E-state index is 12.4. The SMILES string of the molecule is C[C@H](NC(=O)c1ccc(S(=O)(=O)Nc2ccccc2)cc1)c1ccccc1. The maximum Gasteiger partial charge on any atom is 0.261 e. The van der Waals surface area contributed by atoms with Crippen molar-refractivity contribution < 1.29 is 13.2 Å². The van der Waals surface area contributed by atoms with Crippen molar-refractivity contribution >= 4 is 21.6 Å². The first kappa shape index (κ1) is 18.7. The van der Waals surface area contributed by atoms with E-state index in [9.17, 15) is 13.2 Å². The molecule has 0 aromatic heterocycles. The number of sulfonamides is 1. The van der Waals surface area contributed by atoms with E-state index in [0.29, 0.717) is 11.3 Å². The molecule has 0 bridgehead atoms. The molecule has 0 aliphatic heterocycles. The molecule has 0 aliphatic carbocycles. The molecule has 0 spiro atoms. The Labute approximate surface area is 159 Å². The van der Waals surface area contributed by atoms with Gasteiger partial charge in [-0.2, -0.15) is 0 Å². The molecule has 3 aromatic rings. The van der Waals surface area contributed by atoms with E-state index >= 15 is 0 Å². The van der Waals surface area contributed by atoms with Gasteiger partial charge in [0.1, 0.15) is 0 Å². The predicted molar refractivity (Wildman–Crippen MR) is 106 cm³/mol. The van der Waals surface area contributed by atoms with Crippen LogP contribution in [0.15, 0.2) is 89.8 Å². The Morgan fingerprint density at radius 2 is 1.37 bits per heavy atom. The summed E-state index contributed by atoms with van der Waals surface area (Å²) in [6.45, 7) is 1.90. The summed E-state index contributed by atoms with van der Waals surface area (Å²) in [5.74, 6) is -0.258. The molecule has 3 rings (SSSR count). The zero-order chi connectivity index (χ0) is 19.3. The second kappa shape index (κ2) is 8.05. The van der Waals surface area contributed by atoms with Crippen LogP contribution >= 0.6 is 0 Å². The summed E-state index contributed by atoms with van der Waals surface area (Å²) in [6, 6.07) is 24.0. The van der Waals surface area contributed by atoms with Gasteiger partial charge in [0.2, 0.25) is 0 Å². The zero-order valence-corrected chi connectivity index (χ0v) is 15.6. The zero-order valence-electron chi connectivity index (χ0n) is 14.8. The molecule has 0 fully saturated rings. The minimum absolute atomic E-state index is 0.0963. The number of amides is 1. The van der Waals surface area contributed by atoms with Crippen LogP contribution in [0.4, 0.5) is 5.69 Å². The molecule has 0 radical (unpaired) electrons. The number of carbonyl (C=O) groups is 1. The minimum atomic E-state index is -3.70. The predicted octanol–water partition coefficient (Wildman–Crippen LogP) is 3.98. The molecule has 138 valence electrons. The molecule has 1 atom stereocenters. The third kappa shape index (κ3) is 4.74. The fourth-order valence-corrected chi connectivity index (χ4v) is 3.67. The molecule has 0 unspecified atom stereocenters.